The Morgan fingerprint density at radius 2 is 2.24 bits per heavy atom. The Morgan fingerprint density at radius 1 is 1.43 bits per heavy atom. The number of carbonyl (C=O) groups excluding carboxylic acids is 1. The summed E-state index contributed by atoms with van der Waals surface area (Å²) < 4.78 is 0. The predicted molar refractivity (Wildman–Crippen MR) is 88.9 cm³/mol. The van der Waals surface area contributed by atoms with Crippen molar-refractivity contribution >= 4 is 28.8 Å². The Balaban J connectivity index is 2.08. The minimum Gasteiger partial charge on any atom is -0.352 e. The topological polar surface area (TPSA) is 42.0 Å². The summed E-state index contributed by atoms with van der Waals surface area (Å²) in [6.07, 6.45) is 0.983. The second-order valence-electron chi connectivity index (χ2n) is 5.30. The zero-order valence-corrected chi connectivity index (χ0v) is 13.8. The van der Waals surface area contributed by atoms with E-state index in [9.17, 15) is 4.79 Å². The molecule has 0 saturated heterocycles. The highest BCUT2D eigenvalue weighted by Gasteiger charge is 2.09. The normalized spacial score (nSPS) is 10.9. The summed E-state index contributed by atoms with van der Waals surface area (Å²) in [5.74, 6) is 0.957. The molecule has 0 fully saturated rings. The van der Waals surface area contributed by atoms with Gasteiger partial charge >= 0.3 is 0 Å². The standard InChI is InChI=1S/C16H19ClN2OS/c1-11(2)6-7-18-15(20)12-4-3-5-13(8-12)16-19-14(9-17)10-21-16/h3-5,8,10-11H,6-7,9H2,1-2H3,(H,18,20). The third kappa shape index (κ3) is 4.55. The van der Waals surface area contributed by atoms with Crippen LogP contribution in [0.3, 0.4) is 0 Å². The third-order valence-corrected chi connectivity index (χ3v) is 4.28. The number of rotatable bonds is 6. The van der Waals surface area contributed by atoms with Crippen LogP contribution in [0.1, 0.15) is 36.3 Å². The van der Waals surface area contributed by atoms with Crippen LogP contribution in [-0.4, -0.2) is 17.4 Å². The Labute approximate surface area is 134 Å². The van der Waals surface area contributed by atoms with Gasteiger partial charge in [0.15, 0.2) is 0 Å². The molecular weight excluding hydrogens is 304 g/mol. The summed E-state index contributed by atoms with van der Waals surface area (Å²) in [4.78, 5) is 16.6. The molecule has 0 aliphatic rings. The number of aromatic nitrogens is 1. The summed E-state index contributed by atoms with van der Waals surface area (Å²) in [5, 5.41) is 5.78. The zero-order valence-electron chi connectivity index (χ0n) is 12.2. The molecule has 5 heteroatoms. The first-order valence-corrected chi connectivity index (χ1v) is 8.40. The minimum absolute atomic E-state index is 0.0355. The van der Waals surface area contributed by atoms with Crippen LogP contribution in [0.5, 0.6) is 0 Å². The van der Waals surface area contributed by atoms with Gasteiger partial charge in [0.05, 0.1) is 11.6 Å². The molecule has 1 amide bonds. The summed E-state index contributed by atoms with van der Waals surface area (Å²) in [7, 11) is 0. The number of hydrogen-bond acceptors (Lipinski definition) is 3. The first-order chi connectivity index (χ1) is 10.1. The van der Waals surface area contributed by atoms with Crippen molar-refractivity contribution < 1.29 is 4.79 Å². The van der Waals surface area contributed by atoms with Gasteiger partial charge in [0, 0.05) is 23.1 Å². The average molecular weight is 323 g/mol. The van der Waals surface area contributed by atoms with Gasteiger partial charge in [0.25, 0.3) is 5.91 Å². The molecule has 0 spiro atoms. The summed E-state index contributed by atoms with van der Waals surface area (Å²) >= 11 is 7.31. The van der Waals surface area contributed by atoms with E-state index in [1.54, 1.807) is 11.3 Å². The quantitative estimate of drug-likeness (QED) is 0.804. The van der Waals surface area contributed by atoms with Crippen LogP contribution in [0.25, 0.3) is 10.6 Å². The number of alkyl halides is 1. The second kappa shape index (κ2) is 7.57. The van der Waals surface area contributed by atoms with Gasteiger partial charge in [-0.25, -0.2) is 4.98 Å². The molecule has 2 aromatic rings. The molecule has 1 aromatic carbocycles. The van der Waals surface area contributed by atoms with Crippen molar-refractivity contribution in [3.05, 3.63) is 40.9 Å². The smallest absolute Gasteiger partial charge is 0.251 e. The van der Waals surface area contributed by atoms with Gasteiger partial charge in [-0.2, -0.15) is 0 Å². The van der Waals surface area contributed by atoms with Gasteiger partial charge < -0.3 is 5.32 Å². The number of halogens is 1. The van der Waals surface area contributed by atoms with E-state index in [0.717, 1.165) is 22.7 Å². The first-order valence-electron chi connectivity index (χ1n) is 6.99. The molecule has 0 unspecified atom stereocenters. The van der Waals surface area contributed by atoms with Gasteiger partial charge in [-0.1, -0.05) is 26.0 Å². The summed E-state index contributed by atoms with van der Waals surface area (Å²) in [6.45, 7) is 4.99. The molecular formula is C16H19ClN2OS. The van der Waals surface area contributed by atoms with E-state index >= 15 is 0 Å². The number of nitrogens with zero attached hydrogens (tertiary/aromatic N) is 1. The molecule has 0 bridgehead atoms. The number of thiazole rings is 1. The molecule has 1 aromatic heterocycles. The number of hydrogen-bond donors (Lipinski definition) is 1. The lowest BCUT2D eigenvalue weighted by Crippen LogP contribution is -2.25. The van der Waals surface area contributed by atoms with E-state index in [-0.39, 0.29) is 5.91 Å². The van der Waals surface area contributed by atoms with Crippen LogP contribution in [0.4, 0.5) is 0 Å². The Bertz CT molecular complexity index is 610. The van der Waals surface area contributed by atoms with Crippen LogP contribution < -0.4 is 5.32 Å². The SMILES string of the molecule is CC(C)CCNC(=O)c1cccc(-c2nc(CCl)cs2)c1. The van der Waals surface area contributed by atoms with E-state index < -0.39 is 0 Å². The lowest BCUT2D eigenvalue weighted by Gasteiger charge is -2.07. The Hall–Kier alpha value is -1.39. The van der Waals surface area contributed by atoms with E-state index in [1.807, 2.05) is 29.6 Å². The summed E-state index contributed by atoms with van der Waals surface area (Å²) in [5.41, 5.74) is 2.48. The molecule has 0 radical (unpaired) electrons. The molecule has 0 aliphatic carbocycles. The largest absolute Gasteiger partial charge is 0.352 e. The highest BCUT2D eigenvalue weighted by molar-refractivity contribution is 7.13. The van der Waals surface area contributed by atoms with Gasteiger partial charge in [0.1, 0.15) is 5.01 Å². The molecule has 2 rings (SSSR count). The van der Waals surface area contributed by atoms with Crippen LogP contribution in [0, 0.1) is 5.92 Å². The monoisotopic (exact) mass is 322 g/mol. The molecule has 1 N–H and O–H groups in total. The molecule has 0 aliphatic heterocycles. The van der Waals surface area contributed by atoms with Crippen LogP contribution in [0.15, 0.2) is 29.6 Å². The van der Waals surface area contributed by atoms with Crippen molar-refractivity contribution in [2.24, 2.45) is 5.92 Å². The maximum absolute atomic E-state index is 12.1. The van der Waals surface area contributed by atoms with Gasteiger partial charge in [-0.3, -0.25) is 4.79 Å². The number of carbonyl (C=O) groups is 1. The van der Waals surface area contributed by atoms with E-state index in [2.05, 4.69) is 24.1 Å². The second-order valence-corrected chi connectivity index (χ2v) is 6.42. The minimum atomic E-state index is -0.0355. The molecule has 0 atom stereocenters. The highest BCUT2D eigenvalue weighted by Crippen LogP contribution is 2.25. The zero-order chi connectivity index (χ0) is 15.2. The number of nitrogens with one attached hydrogen (secondary N) is 1. The van der Waals surface area contributed by atoms with Crippen molar-refractivity contribution in [2.75, 3.05) is 6.54 Å². The van der Waals surface area contributed by atoms with Crippen molar-refractivity contribution in [2.45, 2.75) is 26.1 Å². The van der Waals surface area contributed by atoms with E-state index in [0.29, 0.717) is 23.9 Å². The van der Waals surface area contributed by atoms with Gasteiger partial charge in [-0.15, -0.1) is 22.9 Å². The lowest BCUT2D eigenvalue weighted by atomic mass is 10.1. The lowest BCUT2D eigenvalue weighted by molar-refractivity contribution is 0.0952. The van der Waals surface area contributed by atoms with Gasteiger partial charge in [0.2, 0.25) is 0 Å². The van der Waals surface area contributed by atoms with Crippen LogP contribution in [-0.2, 0) is 5.88 Å². The van der Waals surface area contributed by atoms with Crippen molar-refractivity contribution in [3.63, 3.8) is 0 Å². The van der Waals surface area contributed by atoms with Gasteiger partial charge in [-0.05, 0) is 24.5 Å². The van der Waals surface area contributed by atoms with Crippen molar-refractivity contribution in [3.8, 4) is 10.6 Å². The fraction of sp³-hybridized carbons (Fsp3) is 0.375. The Kier molecular flexibility index (Phi) is 5.76. The highest BCUT2D eigenvalue weighted by atomic mass is 35.5. The van der Waals surface area contributed by atoms with Crippen molar-refractivity contribution in [1.82, 2.24) is 10.3 Å². The maximum atomic E-state index is 12.1. The molecule has 112 valence electrons. The first kappa shape index (κ1) is 16.0. The third-order valence-electron chi connectivity index (χ3n) is 3.07. The predicted octanol–water partition coefficient (Wildman–Crippen LogP) is 4.32. The molecule has 0 saturated carbocycles. The molecule has 1 heterocycles. The fourth-order valence-corrected chi connectivity index (χ4v) is 2.92. The fourth-order valence-electron chi connectivity index (χ4n) is 1.87. The molecule has 21 heavy (non-hydrogen) atoms. The van der Waals surface area contributed by atoms with E-state index in [1.165, 1.54) is 0 Å². The Morgan fingerprint density at radius 3 is 2.90 bits per heavy atom. The maximum Gasteiger partial charge on any atom is 0.251 e. The molecule has 3 nitrogen and oxygen atoms in total. The van der Waals surface area contributed by atoms with E-state index in [4.69, 9.17) is 11.6 Å². The van der Waals surface area contributed by atoms with Crippen molar-refractivity contribution in [1.29, 1.82) is 0 Å². The number of benzene rings is 1. The average Bonchev–Trinajstić information content (AvgIpc) is 2.96. The summed E-state index contributed by atoms with van der Waals surface area (Å²) in [6, 6.07) is 7.54. The number of amides is 1. The van der Waals surface area contributed by atoms with Crippen LogP contribution in [0.2, 0.25) is 0 Å². The van der Waals surface area contributed by atoms with Crippen LogP contribution >= 0.6 is 22.9 Å².